The summed E-state index contributed by atoms with van der Waals surface area (Å²) in [6.07, 6.45) is 0.941. The molecule has 1 nitrogen and oxygen atoms in total. The Bertz CT molecular complexity index is 1510. The maximum absolute atomic E-state index is 2.39. The lowest BCUT2D eigenvalue weighted by Crippen LogP contribution is -1.94. The molecule has 0 N–H and O–H groups in total. The molecule has 0 aliphatic rings. The van der Waals surface area contributed by atoms with E-state index in [9.17, 15) is 0 Å². The zero-order valence-electron chi connectivity index (χ0n) is 17.8. The summed E-state index contributed by atoms with van der Waals surface area (Å²) in [6.45, 7) is 0. The third-order valence-corrected chi connectivity index (χ3v) is 6.20. The van der Waals surface area contributed by atoms with Crippen LogP contribution in [0.25, 0.3) is 38.6 Å². The van der Waals surface area contributed by atoms with Crippen molar-refractivity contribution >= 4 is 21.8 Å². The predicted molar refractivity (Wildman–Crippen MR) is 135 cm³/mol. The molecule has 0 atom stereocenters. The predicted octanol–water partition coefficient (Wildman–Crippen LogP) is 8.04. The van der Waals surface area contributed by atoms with E-state index >= 15 is 0 Å². The summed E-state index contributed by atoms with van der Waals surface area (Å²) >= 11 is 0. The van der Waals surface area contributed by atoms with Gasteiger partial charge >= 0.3 is 0 Å². The second kappa shape index (κ2) is 7.86. The molecule has 5 aromatic carbocycles. The van der Waals surface area contributed by atoms with Crippen LogP contribution in [0, 0.1) is 0 Å². The number of rotatable bonds is 4. The van der Waals surface area contributed by atoms with Gasteiger partial charge in [0.25, 0.3) is 0 Å². The van der Waals surface area contributed by atoms with E-state index in [1.807, 2.05) is 0 Å². The van der Waals surface area contributed by atoms with Gasteiger partial charge in [0.1, 0.15) is 0 Å². The highest BCUT2D eigenvalue weighted by Crippen LogP contribution is 2.35. The van der Waals surface area contributed by atoms with Crippen molar-refractivity contribution in [3.63, 3.8) is 0 Å². The van der Waals surface area contributed by atoms with Crippen LogP contribution in [-0.4, -0.2) is 4.57 Å². The lowest BCUT2D eigenvalue weighted by Gasteiger charge is -2.09. The van der Waals surface area contributed by atoms with Crippen LogP contribution in [0.2, 0.25) is 0 Å². The molecule has 0 amide bonds. The molecule has 32 heavy (non-hydrogen) atoms. The van der Waals surface area contributed by atoms with Crippen molar-refractivity contribution in [1.82, 2.24) is 4.57 Å². The number of para-hydroxylation sites is 1. The van der Waals surface area contributed by atoms with Crippen molar-refractivity contribution in [2.45, 2.75) is 6.42 Å². The quantitative estimate of drug-likeness (QED) is 0.278. The van der Waals surface area contributed by atoms with E-state index in [2.05, 4.69) is 132 Å². The first-order chi connectivity index (χ1) is 15.9. The molecule has 0 aliphatic carbocycles. The van der Waals surface area contributed by atoms with Gasteiger partial charge in [0.2, 0.25) is 0 Å². The Kier molecular flexibility index (Phi) is 4.58. The van der Waals surface area contributed by atoms with Crippen molar-refractivity contribution in [3.8, 4) is 16.8 Å². The molecule has 1 heteroatoms. The van der Waals surface area contributed by atoms with Crippen LogP contribution in [0.3, 0.4) is 0 Å². The van der Waals surface area contributed by atoms with Gasteiger partial charge in [-0.15, -0.1) is 0 Å². The second-order valence-corrected chi connectivity index (χ2v) is 8.28. The van der Waals surface area contributed by atoms with Crippen molar-refractivity contribution in [2.24, 2.45) is 0 Å². The summed E-state index contributed by atoms with van der Waals surface area (Å²) < 4.78 is 2.39. The Morgan fingerprint density at radius 3 is 1.88 bits per heavy atom. The zero-order valence-corrected chi connectivity index (χ0v) is 17.8. The van der Waals surface area contributed by atoms with Gasteiger partial charge in [-0.25, -0.2) is 0 Å². The van der Waals surface area contributed by atoms with Crippen molar-refractivity contribution in [3.05, 3.63) is 139 Å². The van der Waals surface area contributed by atoms with Crippen LogP contribution < -0.4 is 0 Å². The van der Waals surface area contributed by atoms with Gasteiger partial charge in [0.15, 0.2) is 0 Å². The maximum atomic E-state index is 2.39. The standard InChI is InChI=1S/C31H23N/c1-4-10-23(11-5-1)20-24-16-19-30-29(21-24)28-18-17-26(25-12-6-2-7-13-25)22-31(28)32(30)27-14-8-3-9-15-27/h1-19,21-22H,20H2. The zero-order chi connectivity index (χ0) is 21.3. The molecule has 152 valence electrons. The third kappa shape index (κ3) is 3.29. The minimum absolute atomic E-state index is 0.941. The average molecular weight is 410 g/mol. The molecule has 1 aromatic heterocycles. The van der Waals surface area contributed by atoms with Gasteiger partial charge in [-0.3, -0.25) is 0 Å². The van der Waals surface area contributed by atoms with E-state index in [-0.39, 0.29) is 0 Å². The number of benzene rings is 5. The first-order valence-corrected chi connectivity index (χ1v) is 11.1. The third-order valence-electron chi connectivity index (χ3n) is 6.20. The topological polar surface area (TPSA) is 4.93 Å². The Hall–Kier alpha value is -4.10. The first-order valence-electron chi connectivity index (χ1n) is 11.1. The first kappa shape index (κ1) is 18.7. The Balaban J connectivity index is 1.59. The van der Waals surface area contributed by atoms with Crippen LogP contribution in [0.15, 0.2) is 127 Å². The summed E-state index contributed by atoms with van der Waals surface area (Å²) in [5.74, 6) is 0. The van der Waals surface area contributed by atoms with Gasteiger partial charge in [-0.2, -0.15) is 0 Å². The fraction of sp³-hybridized carbons (Fsp3) is 0.0323. The minimum Gasteiger partial charge on any atom is -0.309 e. The molecule has 0 aliphatic heterocycles. The van der Waals surface area contributed by atoms with Crippen LogP contribution in [-0.2, 0) is 6.42 Å². The SMILES string of the molecule is c1ccc(Cc2ccc3c(c2)c2ccc(-c4ccccc4)cc2n3-c2ccccc2)cc1. The van der Waals surface area contributed by atoms with E-state index < -0.39 is 0 Å². The smallest absolute Gasteiger partial charge is 0.0547 e. The summed E-state index contributed by atoms with van der Waals surface area (Å²) in [6, 6.07) is 45.7. The normalized spacial score (nSPS) is 11.2. The van der Waals surface area contributed by atoms with Crippen LogP contribution in [0.4, 0.5) is 0 Å². The molecule has 1 heterocycles. The molecule has 0 radical (unpaired) electrons. The van der Waals surface area contributed by atoms with E-state index in [1.165, 1.54) is 49.7 Å². The van der Waals surface area contributed by atoms with Crippen LogP contribution >= 0.6 is 0 Å². The molecule has 0 unspecified atom stereocenters. The number of nitrogens with zero attached hydrogens (tertiary/aromatic N) is 1. The lowest BCUT2D eigenvalue weighted by atomic mass is 10.0. The van der Waals surface area contributed by atoms with Gasteiger partial charge < -0.3 is 4.57 Å². The lowest BCUT2D eigenvalue weighted by molar-refractivity contribution is 1.17. The summed E-state index contributed by atoms with van der Waals surface area (Å²) in [5.41, 5.74) is 8.82. The molecule has 0 saturated carbocycles. The van der Waals surface area contributed by atoms with Gasteiger partial charge in [0, 0.05) is 16.5 Å². The van der Waals surface area contributed by atoms with Crippen molar-refractivity contribution in [1.29, 1.82) is 0 Å². The van der Waals surface area contributed by atoms with E-state index in [1.54, 1.807) is 0 Å². The number of hydrogen-bond acceptors (Lipinski definition) is 0. The molecule has 0 fully saturated rings. The molecular formula is C31H23N. The number of fused-ring (bicyclic) bond motifs is 3. The Morgan fingerprint density at radius 1 is 0.438 bits per heavy atom. The molecule has 6 aromatic rings. The maximum Gasteiger partial charge on any atom is 0.0547 e. The minimum atomic E-state index is 0.941. The van der Waals surface area contributed by atoms with E-state index in [0.717, 1.165) is 6.42 Å². The van der Waals surface area contributed by atoms with Crippen LogP contribution in [0.5, 0.6) is 0 Å². The summed E-state index contributed by atoms with van der Waals surface area (Å²) in [4.78, 5) is 0. The van der Waals surface area contributed by atoms with Gasteiger partial charge in [-0.05, 0) is 59.0 Å². The Morgan fingerprint density at radius 2 is 1.12 bits per heavy atom. The monoisotopic (exact) mass is 409 g/mol. The van der Waals surface area contributed by atoms with Gasteiger partial charge in [-0.1, -0.05) is 97.1 Å². The highest BCUT2D eigenvalue weighted by molar-refractivity contribution is 6.10. The summed E-state index contributed by atoms with van der Waals surface area (Å²) in [7, 11) is 0. The molecule has 0 saturated heterocycles. The molecular weight excluding hydrogens is 386 g/mol. The highest BCUT2D eigenvalue weighted by atomic mass is 15.0. The molecule has 0 bridgehead atoms. The highest BCUT2D eigenvalue weighted by Gasteiger charge is 2.14. The van der Waals surface area contributed by atoms with Crippen molar-refractivity contribution < 1.29 is 0 Å². The molecule has 6 rings (SSSR count). The second-order valence-electron chi connectivity index (χ2n) is 8.28. The number of aromatic nitrogens is 1. The Labute approximate surface area is 188 Å². The van der Waals surface area contributed by atoms with E-state index in [4.69, 9.17) is 0 Å². The average Bonchev–Trinajstić information content (AvgIpc) is 3.19. The van der Waals surface area contributed by atoms with E-state index in [0.29, 0.717) is 0 Å². The fourth-order valence-electron chi connectivity index (χ4n) is 4.68. The molecule has 0 spiro atoms. The fourth-order valence-corrected chi connectivity index (χ4v) is 4.68. The van der Waals surface area contributed by atoms with Crippen molar-refractivity contribution in [2.75, 3.05) is 0 Å². The summed E-state index contributed by atoms with van der Waals surface area (Å²) in [5, 5.41) is 2.59. The number of hydrogen-bond donors (Lipinski definition) is 0. The van der Waals surface area contributed by atoms with Gasteiger partial charge in [0.05, 0.1) is 11.0 Å². The van der Waals surface area contributed by atoms with Crippen LogP contribution in [0.1, 0.15) is 11.1 Å². The largest absolute Gasteiger partial charge is 0.309 e.